The molecule has 156 valence electrons. The van der Waals surface area contributed by atoms with Gasteiger partial charge in [0.15, 0.2) is 0 Å². The van der Waals surface area contributed by atoms with E-state index in [4.69, 9.17) is 0 Å². The summed E-state index contributed by atoms with van der Waals surface area (Å²) < 4.78 is 0. The van der Waals surface area contributed by atoms with Crippen molar-refractivity contribution >= 4 is 5.91 Å². The maximum Gasteiger partial charge on any atom is 0.225 e. The van der Waals surface area contributed by atoms with Crippen LogP contribution in [0, 0.1) is 11.3 Å². The molecule has 1 amide bonds. The minimum atomic E-state index is -0.404. The van der Waals surface area contributed by atoms with Gasteiger partial charge >= 0.3 is 0 Å². The summed E-state index contributed by atoms with van der Waals surface area (Å²) >= 11 is 0. The summed E-state index contributed by atoms with van der Waals surface area (Å²) in [5.74, 6) is 1.03. The van der Waals surface area contributed by atoms with Crippen molar-refractivity contribution in [3.05, 3.63) is 66.0 Å². The van der Waals surface area contributed by atoms with Crippen molar-refractivity contribution in [2.24, 2.45) is 11.3 Å². The maximum absolute atomic E-state index is 12.7. The maximum atomic E-state index is 12.7. The number of amides is 1. The fourth-order valence-electron chi connectivity index (χ4n) is 4.09. The van der Waals surface area contributed by atoms with Gasteiger partial charge in [0.1, 0.15) is 0 Å². The van der Waals surface area contributed by atoms with Crippen LogP contribution in [0.2, 0.25) is 0 Å². The van der Waals surface area contributed by atoms with Crippen LogP contribution in [-0.4, -0.2) is 35.4 Å². The summed E-state index contributed by atoms with van der Waals surface area (Å²) in [6.45, 7) is 11.4. The molecule has 0 aliphatic carbocycles. The Hall–Kier alpha value is -2.20. The quantitative estimate of drug-likeness (QED) is 0.767. The number of hydrogen-bond donors (Lipinski definition) is 1. The van der Waals surface area contributed by atoms with E-state index >= 15 is 0 Å². The first-order chi connectivity index (χ1) is 13.8. The van der Waals surface area contributed by atoms with Crippen molar-refractivity contribution < 1.29 is 4.79 Å². The van der Waals surface area contributed by atoms with Crippen LogP contribution in [0.15, 0.2) is 54.7 Å². The molecule has 0 radical (unpaired) electrons. The highest BCUT2D eigenvalue weighted by Crippen LogP contribution is 2.32. The highest BCUT2D eigenvalue weighted by molar-refractivity contribution is 5.81. The Kier molecular flexibility index (Phi) is 7.07. The zero-order valence-electron chi connectivity index (χ0n) is 18.3. The Labute approximate surface area is 175 Å². The number of carbonyl (C=O) groups excluding carboxylic acids is 1. The summed E-state index contributed by atoms with van der Waals surface area (Å²) in [7, 11) is 0. The predicted molar refractivity (Wildman–Crippen MR) is 119 cm³/mol. The molecular formula is C25H35N3O. The normalized spacial score (nSPS) is 18.2. The number of likely N-dealkylation sites (tertiary alicyclic amines) is 1. The molecule has 0 saturated carbocycles. The number of nitrogens with zero attached hydrogens (tertiary/aromatic N) is 2. The molecule has 1 aliphatic rings. The van der Waals surface area contributed by atoms with Crippen molar-refractivity contribution in [1.29, 1.82) is 0 Å². The van der Waals surface area contributed by atoms with E-state index in [-0.39, 0.29) is 11.9 Å². The number of benzene rings is 1. The minimum absolute atomic E-state index is 0.0170. The molecule has 4 heteroatoms. The van der Waals surface area contributed by atoms with Crippen LogP contribution in [0.5, 0.6) is 0 Å². The van der Waals surface area contributed by atoms with Gasteiger partial charge in [-0.05, 0) is 55.5 Å². The van der Waals surface area contributed by atoms with E-state index < -0.39 is 5.41 Å². The van der Waals surface area contributed by atoms with Crippen molar-refractivity contribution in [3.63, 3.8) is 0 Å². The average molecular weight is 394 g/mol. The highest BCUT2D eigenvalue weighted by atomic mass is 16.2. The van der Waals surface area contributed by atoms with Gasteiger partial charge in [-0.15, -0.1) is 0 Å². The Morgan fingerprint density at radius 2 is 1.76 bits per heavy atom. The van der Waals surface area contributed by atoms with Crippen molar-refractivity contribution in [1.82, 2.24) is 15.2 Å². The van der Waals surface area contributed by atoms with Gasteiger partial charge in [-0.3, -0.25) is 9.78 Å². The Bertz CT molecular complexity index is 762. The summed E-state index contributed by atoms with van der Waals surface area (Å²) in [4.78, 5) is 19.8. The predicted octanol–water partition coefficient (Wildman–Crippen LogP) is 4.80. The lowest BCUT2D eigenvalue weighted by Crippen LogP contribution is -2.44. The molecule has 1 aromatic heterocycles. The van der Waals surface area contributed by atoms with Crippen LogP contribution in [0.1, 0.15) is 63.8 Å². The minimum Gasteiger partial charge on any atom is -0.347 e. The first-order valence-corrected chi connectivity index (χ1v) is 10.8. The van der Waals surface area contributed by atoms with E-state index in [0.29, 0.717) is 11.8 Å². The molecular weight excluding hydrogens is 358 g/mol. The zero-order valence-corrected chi connectivity index (χ0v) is 18.3. The monoisotopic (exact) mass is 393 g/mol. The molecule has 0 spiro atoms. The van der Waals surface area contributed by atoms with Crippen LogP contribution in [0.3, 0.4) is 0 Å². The van der Waals surface area contributed by atoms with E-state index in [9.17, 15) is 4.79 Å². The lowest BCUT2D eigenvalue weighted by Gasteiger charge is -2.38. The molecule has 0 bridgehead atoms. The van der Waals surface area contributed by atoms with Crippen LogP contribution in [-0.2, 0) is 4.79 Å². The Morgan fingerprint density at radius 3 is 2.34 bits per heavy atom. The van der Waals surface area contributed by atoms with Gasteiger partial charge in [0, 0.05) is 18.2 Å². The van der Waals surface area contributed by atoms with Crippen molar-refractivity contribution in [2.45, 2.75) is 52.5 Å². The van der Waals surface area contributed by atoms with Crippen molar-refractivity contribution in [2.75, 3.05) is 19.6 Å². The Morgan fingerprint density at radius 1 is 1.10 bits per heavy atom. The van der Waals surface area contributed by atoms with E-state index in [2.05, 4.69) is 52.5 Å². The van der Waals surface area contributed by atoms with Crippen molar-refractivity contribution in [3.8, 4) is 0 Å². The standard InChI is InChI=1S/C25H35N3O/c1-19(20-10-6-5-7-11-20)18-28-16-13-21(14-17-28)23(22-12-8-9-15-26-22)27-24(29)25(2,3)4/h5-12,15,19,21,23H,13-14,16-18H2,1-4H3,(H,27,29)/t19-,23+/m1/s1. The van der Waals surface area contributed by atoms with Crippen LogP contribution in [0.25, 0.3) is 0 Å². The van der Waals surface area contributed by atoms with E-state index in [1.165, 1.54) is 5.56 Å². The molecule has 1 aromatic carbocycles. The number of aromatic nitrogens is 1. The van der Waals surface area contributed by atoms with Gasteiger partial charge in [0.05, 0.1) is 11.7 Å². The first-order valence-electron chi connectivity index (χ1n) is 10.8. The third-order valence-corrected chi connectivity index (χ3v) is 5.98. The van der Waals surface area contributed by atoms with E-state index in [0.717, 1.165) is 38.2 Å². The first kappa shape index (κ1) is 21.5. The topological polar surface area (TPSA) is 45.2 Å². The number of pyridine rings is 1. The summed E-state index contributed by atoms with van der Waals surface area (Å²) in [5.41, 5.74) is 1.97. The molecule has 1 saturated heterocycles. The third-order valence-electron chi connectivity index (χ3n) is 5.98. The highest BCUT2D eigenvalue weighted by Gasteiger charge is 2.32. The fraction of sp³-hybridized carbons (Fsp3) is 0.520. The molecule has 2 aromatic rings. The molecule has 29 heavy (non-hydrogen) atoms. The van der Waals surface area contributed by atoms with Gasteiger partial charge in [-0.2, -0.15) is 0 Å². The number of rotatable bonds is 6. The zero-order chi connectivity index (χ0) is 20.9. The second-order valence-corrected chi connectivity index (χ2v) is 9.41. The lowest BCUT2D eigenvalue weighted by molar-refractivity contribution is -0.129. The van der Waals surface area contributed by atoms with Gasteiger partial charge in [-0.1, -0.05) is 64.1 Å². The molecule has 3 rings (SSSR count). The fourth-order valence-corrected chi connectivity index (χ4v) is 4.09. The smallest absolute Gasteiger partial charge is 0.225 e. The molecule has 0 unspecified atom stereocenters. The molecule has 2 heterocycles. The van der Waals surface area contributed by atoms with E-state index in [1.54, 1.807) is 0 Å². The Balaban J connectivity index is 1.63. The van der Waals surface area contributed by atoms with Gasteiger partial charge < -0.3 is 10.2 Å². The SMILES string of the molecule is C[C@H](CN1CCC([C@H](NC(=O)C(C)(C)C)c2ccccn2)CC1)c1ccccc1. The average Bonchev–Trinajstić information content (AvgIpc) is 2.73. The third kappa shape index (κ3) is 5.89. The summed E-state index contributed by atoms with van der Waals surface area (Å²) in [6, 6.07) is 16.7. The number of piperidine rings is 1. The summed E-state index contributed by atoms with van der Waals surface area (Å²) in [6.07, 6.45) is 3.97. The van der Waals surface area contributed by atoms with Gasteiger partial charge in [0.25, 0.3) is 0 Å². The van der Waals surface area contributed by atoms with Crippen LogP contribution in [0.4, 0.5) is 0 Å². The largest absolute Gasteiger partial charge is 0.347 e. The number of carbonyl (C=O) groups is 1. The molecule has 4 nitrogen and oxygen atoms in total. The lowest BCUT2D eigenvalue weighted by atomic mass is 9.85. The number of nitrogens with one attached hydrogen (secondary N) is 1. The molecule has 1 aliphatic heterocycles. The molecule has 2 atom stereocenters. The second-order valence-electron chi connectivity index (χ2n) is 9.41. The van der Waals surface area contributed by atoms with Gasteiger partial charge in [-0.25, -0.2) is 0 Å². The molecule has 1 N–H and O–H groups in total. The van der Waals surface area contributed by atoms with Gasteiger partial charge in [0.2, 0.25) is 5.91 Å². The van der Waals surface area contributed by atoms with Crippen LogP contribution < -0.4 is 5.32 Å². The number of hydrogen-bond acceptors (Lipinski definition) is 3. The second kappa shape index (κ2) is 9.53. The molecule has 1 fully saturated rings. The van der Waals surface area contributed by atoms with E-state index in [1.807, 2.05) is 45.2 Å². The summed E-state index contributed by atoms with van der Waals surface area (Å²) in [5, 5.41) is 3.30. The van der Waals surface area contributed by atoms with Crippen LogP contribution >= 0.6 is 0 Å².